The number of sulfonamides is 1. The van der Waals surface area contributed by atoms with Crippen molar-refractivity contribution in [1.82, 2.24) is 9.21 Å². The Hall–Kier alpha value is -3.31. The van der Waals surface area contributed by atoms with Gasteiger partial charge in [-0.2, -0.15) is 4.31 Å². The van der Waals surface area contributed by atoms with Crippen LogP contribution in [-0.2, 0) is 30.8 Å². The van der Waals surface area contributed by atoms with E-state index in [9.17, 15) is 28.1 Å². The van der Waals surface area contributed by atoms with Gasteiger partial charge in [-0.1, -0.05) is 35.9 Å². The van der Waals surface area contributed by atoms with E-state index < -0.39 is 33.4 Å². The Morgan fingerprint density at radius 1 is 1.06 bits per heavy atom. The molecular formula is C22H25N3O7S. The molecule has 0 saturated carbocycles. The van der Waals surface area contributed by atoms with Crippen LogP contribution >= 0.6 is 0 Å². The number of nitro benzene ring substituents is 1. The third-order valence-corrected chi connectivity index (χ3v) is 7.48. The molecule has 11 heteroatoms. The number of hydrogen-bond donors (Lipinski definition) is 0. The maximum Gasteiger partial charge on any atom is 0.311 e. The van der Waals surface area contributed by atoms with E-state index in [0.29, 0.717) is 5.56 Å². The predicted molar refractivity (Wildman–Crippen MR) is 119 cm³/mol. The van der Waals surface area contributed by atoms with Gasteiger partial charge in [0.05, 0.1) is 16.2 Å². The average molecular weight is 476 g/mol. The molecule has 0 unspecified atom stereocenters. The second-order valence-corrected chi connectivity index (χ2v) is 9.68. The van der Waals surface area contributed by atoms with Gasteiger partial charge in [-0.15, -0.1) is 0 Å². The maximum atomic E-state index is 13.0. The number of benzene rings is 2. The van der Waals surface area contributed by atoms with Gasteiger partial charge < -0.3 is 9.64 Å². The van der Waals surface area contributed by atoms with Crippen LogP contribution in [0.25, 0.3) is 0 Å². The number of aryl methyl sites for hydroxylation is 2. The van der Waals surface area contributed by atoms with Crippen LogP contribution in [0, 0.1) is 24.0 Å². The first-order chi connectivity index (χ1) is 15.6. The summed E-state index contributed by atoms with van der Waals surface area (Å²) < 4.78 is 32.3. The molecule has 1 fully saturated rings. The molecule has 1 amide bonds. The van der Waals surface area contributed by atoms with Gasteiger partial charge in [0.15, 0.2) is 6.61 Å². The standard InChI is InChI=1S/C22H25N3O7S/c1-16-7-8-20(17(2)13-16)33(30,31)24-11-9-23(10-12-24)21(26)15-32-22(27)14-18-5-3-4-6-19(18)25(28)29/h3-8,13H,9-12,14-15H2,1-2H3. The Morgan fingerprint density at radius 3 is 2.36 bits per heavy atom. The SMILES string of the molecule is Cc1ccc(S(=O)(=O)N2CCN(C(=O)COC(=O)Cc3ccccc3[N+](=O)[O-])CC2)c(C)c1. The number of carbonyl (C=O) groups excluding carboxylic acids is 2. The zero-order valence-corrected chi connectivity index (χ0v) is 19.2. The van der Waals surface area contributed by atoms with E-state index in [0.717, 1.165) is 5.56 Å². The van der Waals surface area contributed by atoms with Crippen molar-refractivity contribution >= 4 is 27.6 Å². The highest BCUT2D eigenvalue weighted by molar-refractivity contribution is 7.89. The summed E-state index contributed by atoms with van der Waals surface area (Å²) >= 11 is 0. The second kappa shape index (κ2) is 10.1. The smallest absolute Gasteiger partial charge is 0.311 e. The Balaban J connectivity index is 1.52. The average Bonchev–Trinajstić information content (AvgIpc) is 2.77. The fraction of sp³-hybridized carbons (Fsp3) is 0.364. The molecule has 0 atom stereocenters. The lowest BCUT2D eigenvalue weighted by Gasteiger charge is -2.34. The van der Waals surface area contributed by atoms with Gasteiger partial charge in [-0.25, -0.2) is 8.42 Å². The number of nitrogens with zero attached hydrogens (tertiary/aromatic N) is 3. The highest BCUT2D eigenvalue weighted by Crippen LogP contribution is 2.22. The highest BCUT2D eigenvalue weighted by Gasteiger charge is 2.31. The lowest BCUT2D eigenvalue weighted by molar-refractivity contribution is -0.385. The second-order valence-electron chi connectivity index (χ2n) is 7.78. The number of ether oxygens (including phenoxy) is 1. The van der Waals surface area contributed by atoms with Gasteiger partial charge in [-0.05, 0) is 25.5 Å². The maximum absolute atomic E-state index is 13.0. The van der Waals surface area contributed by atoms with Crippen LogP contribution in [0.15, 0.2) is 47.4 Å². The third-order valence-electron chi connectivity index (χ3n) is 5.42. The molecule has 0 aromatic heterocycles. The van der Waals surface area contributed by atoms with Crippen molar-refractivity contribution in [2.75, 3.05) is 32.8 Å². The molecule has 2 aromatic carbocycles. The summed E-state index contributed by atoms with van der Waals surface area (Å²) in [5.74, 6) is -1.21. The van der Waals surface area contributed by atoms with Crippen molar-refractivity contribution in [2.24, 2.45) is 0 Å². The fourth-order valence-corrected chi connectivity index (χ4v) is 5.31. The van der Waals surface area contributed by atoms with Crippen molar-refractivity contribution in [1.29, 1.82) is 0 Å². The van der Waals surface area contributed by atoms with Crippen LogP contribution in [0.5, 0.6) is 0 Å². The first-order valence-electron chi connectivity index (χ1n) is 10.3. The number of hydrogen-bond acceptors (Lipinski definition) is 7. The zero-order chi connectivity index (χ0) is 24.2. The highest BCUT2D eigenvalue weighted by atomic mass is 32.2. The number of nitro groups is 1. The van der Waals surface area contributed by atoms with E-state index in [2.05, 4.69) is 0 Å². The minimum absolute atomic E-state index is 0.131. The van der Waals surface area contributed by atoms with Crippen molar-refractivity contribution < 1.29 is 27.7 Å². The van der Waals surface area contributed by atoms with Crippen molar-refractivity contribution in [3.63, 3.8) is 0 Å². The Bertz CT molecular complexity index is 1170. The Labute approximate surface area is 192 Å². The van der Waals surface area contributed by atoms with E-state index in [1.807, 2.05) is 13.0 Å². The fourth-order valence-electron chi connectivity index (χ4n) is 3.68. The molecule has 2 aromatic rings. The molecule has 0 radical (unpaired) electrons. The lowest BCUT2D eigenvalue weighted by Crippen LogP contribution is -2.51. The van der Waals surface area contributed by atoms with Crippen molar-refractivity contribution in [2.45, 2.75) is 25.2 Å². The molecule has 1 aliphatic heterocycles. The van der Waals surface area contributed by atoms with E-state index in [4.69, 9.17) is 4.74 Å². The van der Waals surface area contributed by atoms with Gasteiger partial charge >= 0.3 is 5.97 Å². The number of rotatable bonds is 7. The van der Waals surface area contributed by atoms with Gasteiger partial charge in [0.25, 0.3) is 11.6 Å². The van der Waals surface area contributed by atoms with Crippen LogP contribution in [0.3, 0.4) is 0 Å². The minimum Gasteiger partial charge on any atom is -0.455 e. The van der Waals surface area contributed by atoms with E-state index >= 15 is 0 Å². The topological polar surface area (TPSA) is 127 Å². The first kappa shape index (κ1) is 24.3. The number of esters is 1. The number of para-hydroxylation sites is 1. The molecule has 10 nitrogen and oxygen atoms in total. The molecule has 0 spiro atoms. The zero-order valence-electron chi connectivity index (χ0n) is 18.4. The van der Waals surface area contributed by atoms with Gasteiger partial charge in [-0.3, -0.25) is 19.7 Å². The third kappa shape index (κ3) is 5.74. The van der Waals surface area contributed by atoms with E-state index in [1.54, 1.807) is 25.1 Å². The number of carbonyl (C=O) groups is 2. The van der Waals surface area contributed by atoms with Crippen LogP contribution in [0.4, 0.5) is 5.69 Å². The molecule has 1 saturated heterocycles. The molecule has 0 aliphatic carbocycles. The van der Waals surface area contributed by atoms with Gasteiger partial charge in [0.1, 0.15) is 0 Å². The van der Waals surface area contributed by atoms with E-state index in [-0.39, 0.29) is 48.7 Å². The monoisotopic (exact) mass is 475 g/mol. The number of piperazine rings is 1. The lowest BCUT2D eigenvalue weighted by atomic mass is 10.1. The first-order valence-corrected chi connectivity index (χ1v) is 11.8. The minimum atomic E-state index is -3.68. The van der Waals surface area contributed by atoms with Gasteiger partial charge in [0, 0.05) is 37.8 Å². The summed E-state index contributed by atoms with van der Waals surface area (Å²) in [5.41, 5.74) is 1.64. The normalized spacial score (nSPS) is 14.7. The summed E-state index contributed by atoms with van der Waals surface area (Å²) in [6.07, 6.45) is -0.327. The summed E-state index contributed by atoms with van der Waals surface area (Å²) in [6, 6.07) is 11.0. The summed E-state index contributed by atoms with van der Waals surface area (Å²) in [5, 5.41) is 11.0. The molecule has 1 heterocycles. The Kier molecular flexibility index (Phi) is 7.44. The van der Waals surface area contributed by atoms with Crippen LogP contribution in [0.2, 0.25) is 0 Å². The van der Waals surface area contributed by atoms with Crippen molar-refractivity contribution in [3.05, 3.63) is 69.3 Å². The van der Waals surface area contributed by atoms with Crippen LogP contribution in [-0.4, -0.2) is 67.2 Å². The summed E-state index contributed by atoms with van der Waals surface area (Å²) in [4.78, 5) is 36.6. The predicted octanol–water partition coefficient (Wildman–Crippen LogP) is 1.83. The Morgan fingerprint density at radius 2 is 1.73 bits per heavy atom. The van der Waals surface area contributed by atoms with Crippen LogP contribution in [0.1, 0.15) is 16.7 Å². The molecule has 1 aliphatic rings. The molecule has 176 valence electrons. The van der Waals surface area contributed by atoms with Crippen molar-refractivity contribution in [3.8, 4) is 0 Å². The summed E-state index contributed by atoms with van der Waals surface area (Å²) in [7, 11) is -3.68. The number of amides is 1. The van der Waals surface area contributed by atoms with Gasteiger partial charge in [0.2, 0.25) is 10.0 Å². The van der Waals surface area contributed by atoms with E-state index in [1.165, 1.54) is 27.4 Å². The molecule has 33 heavy (non-hydrogen) atoms. The largest absolute Gasteiger partial charge is 0.455 e. The van der Waals surface area contributed by atoms with Crippen LogP contribution < -0.4 is 0 Å². The molecule has 3 rings (SSSR count). The quantitative estimate of drug-likeness (QED) is 0.340. The molecular weight excluding hydrogens is 450 g/mol. The molecule has 0 N–H and O–H groups in total. The summed E-state index contributed by atoms with van der Waals surface area (Å²) in [6.45, 7) is 3.73. The molecule has 0 bridgehead atoms.